The van der Waals surface area contributed by atoms with Crippen molar-refractivity contribution in [3.05, 3.63) is 41.5 Å². The SMILES string of the molecule is Cc1nc(C(=O)N2CCOCC2CC(=O)O)nn1-c1ccccc1C(C)C. The third kappa shape index (κ3) is 4.00. The Kier molecular flexibility index (Phi) is 5.55. The molecule has 2 aromatic rings. The topological polar surface area (TPSA) is 97.6 Å². The van der Waals surface area contributed by atoms with Crippen molar-refractivity contribution < 1.29 is 19.4 Å². The van der Waals surface area contributed by atoms with Crippen LogP contribution in [0, 0.1) is 6.92 Å². The Hall–Kier alpha value is -2.74. The number of morpholine rings is 1. The van der Waals surface area contributed by atoms with E-state index in [1.807, 2.05) is 24.3 Å². The summed E-state index contributed by atoms with van der Waals surface area (Å²) in [5.74, 6) is -0.363. The zero-order chi connectivity index (χ0) is 19.6. The molecule has 144 valence electrons. The smallest absolute Gasteiger partial charge is 0.305 e. The molecule has 1 aromatic heterocycles. The third-order valence-electron chi connectivity index (χ3n) is 4.65. The van der Waals surface area contributed by atoms with Crippen molar-refractivity contribution in [3.8, 4) is 5.69 Å². The highest BCUT2D eigenvalue weighted by Gasteiger charge is 2.32. The van der Waals surface area contributed by atoms with Gasteiger partial charge in [0.1, 0.15) is 5.82 Å². The zero-order valence-electron chi connectivity index (χ0n) is 15.8. The number of para-hydroxylation sites is 1. The maximum atomic E-state index is 12.9. The van der Waals surface area contributed by atoms with Gasteiger partial charge in [-0.05, 0) is 24.5 Å². The fourth-order valence-electron chi connectivity index (χ4n) is 3.30. The van der Waals surface area contributed by atoms with Crippen LogP contribution in [-0.2, 0) is 9.53 Å². The molecule has 1 N–H and O–H groups in total. The number of hydrogen-bond acceptors (Lipinski definition) is 5. The van der Waals surface area contributed by atoms with Crippen LogP contribution in [0.5, 0.6) is 0 Å². The molecule has 0 spiro atoms. The van der Waals surface area contributed by atoms with Gasteiger partial charge in [-0.15, -0.1) is 5.10 Å². The molecular weight excluding hydrogens is 348 g/mol. The fraction of sp³-hybridized carbons (Fsp3) is 0.474. The van der Waals surface area contributed by atoms with Crippen molar-refractivity contribution >= 4 is 11.9 Å². The van der Waals surface area contributed by atoms with Crippen LogP contribution in [0.15, 0.2) is 24.3 Å². The van der Waals surface area contributed by atoms with E-state index in [1.165, 1.54) is 4.90 Å². The number of carbonyl (C=O) groups is 2. The van der Waals surface area contributed by atoms with Crippen LogP contribution >= 0.6 is 0 Å². The van der Waals surface area contributed by atoms with E-state index in [4.69, 9.17) is 9.84 Å². The number of aryl methyl sites for hydroxylation is 1. The number of aliphatic carboxylic acids is 1. The number of aromatic nitrogens is 3. The molecule has 0 aliphatic carbocycles. The monoisotopic (exact) mass is 372 g/mol. The molecular formula is C19H24N4O4. The van der Waals surface area contributed by atoms with E-state index < -0.39 is 12.0 Å². The largest absolute Gasteiger partial charge is 0.481 e. The molecule has 1 aliphatic rings. The lowest BCUT2D eigenvalue weighted by molar-refractivity contribution is -0.139. The van der Waals surface area contributed by atoms with Crippen molar-refractivity contribution in [1.82, 2.24) is 19.7 Å². The van der Waals surface area contributed by atoms with Crippen LogP contribution in [0.3, 0.4) is 0 Å². The molecule has 0 saturated carbocycles. The Balaban J connectivity index is 1.92. The Labute approximate surface area is 157 Å². The summed E-state index contributed by atoms with van der Waals surface area (Å²) in [6.45, 7) is 6.90. The van der Waals surface area contributed by atoms with Gasteiger partial charge in [-0.2, -0.15) is 0 Å². The average Bonchev–Trinajstić information content (AvgIpc) is 3.02. The average molecular weight is 372 g/mol. The number of carboxylic acid groups (broad SMARTS) is 1. The van der Waals surface area contributed by atoms with Gasteiger partial charge < -0.3 is 14.7 Å². The van der Waals surface area contributed by atoms with Crippen LogP contribution in [0.25, 0.3) is 5.69 Å². The first-order valence-corrected chi connectivity index (χ1v) is 9.02. The Morgan fingerprint density at radius 2 is 2.07 bits per heavy atom. The number of rotatable bonds is 5. The second-order valence-corrected chi connectivity index (χ2v) is 6.93. The molecule has 0 radical (unpaired) electrons. The van der Waals surface area contributed by atoms with Gasteiger partial charge in [0, 0.05) is 6.54 Å². The molecule has 0 bridgehead atoms. The van der Waals surface area contributed by atoms with Crippen LogP contribution < -0.4 is 0 Å². The van der Waals surface area contributed by atoms with E-state index in [0.717, 1.165) is 11.3 Å². The van der Waals surface area contributed by atoms with Gasteiger partial charge >= 0.3 is 5.97 Å². The van der Waals surface area contributed by atoms with Gasteiger partial charge in [-0.1, -0.05) is 32.0 Å². The standard InChI is InChI=1S/C19H24N4O4/c1-12(2)15-6-4-5-7-16(15)23-13(3)20-18(21-23)19(26)22-8-9-27-11-14(22)10-17(24)25/h4-7,12,14H,8-11H2,1-3H3,(H,24,25). The second-order valence-electron chi connectivity index (χ2n) is 6.93. The summed E-state index contributed by atoms with van der Waals surface area (Å²) < 4.78 is 7.01. The Morgan fingerprint density at radius 1 is 1.33 bits per heavy atom. The van der Waals surface area contributed by atoms with Crippen LogP contribution in [0.4, 0.5) is 0 Å². The molecule has 1 aliphatic heterocycles. The summed E-state index contributed by atoms with van der Waals surface area (Å²) in [4.78, 5) is 29.9. The summed E-state index contributed by atoms with van der Waals surface area (Å²) in [6.07, 6.45) is -0.165. The van der Waals surface area contributed by atoms with Crippen molar-refractivity contribution in [1.29, 1.82) is 0 Å². The molecule has 8 nitrogen and oxygen atoms in total. The van der Waals surface area contributed by atoms with E-state index in [-0.39, 0.29) is 24.8 Å². The lowest BCUT2D eigenvalue weighted by Gasteiger charge is -2.33. The van der Waals surface area contributed by atoms with Gasteiger partial charge in [0.15, 0.2) is 0 Å². The Bertz CT molecular complexity index is 846. The van der Waals surface area contributed by atoms with Crippen molar-refractivity contribution in [2.24, 2.45) is 0 Å². The first kappa shape index (κ1) is 19.0. The minimum Gasteiger partial charge on any atom is -0.481 e. The fourth-order valence-corrected chi connectivity index (χ4v) is 3.30. The second kappa shape index (κ2) is 7.87. The lowest BCUT2D eigenvalue weighted by Crippen LogP contribution is -2.49. The molecule has 1 atom stereocenters. The molecule has 1 unspecified atom stereocenters. The van der Waals surface area contributed by atoms with Crippen LogP contribution in [-0.4, -0.2) is 62.4 Å². The quantitative estimate of drug-likeness (QED) is 0.862. The van der Waals surface area contributed by atoms with Crippen molar-refractivity contribution in [2.75, 3.05) is 19.8 Å². The molecule has 1 saturated heterocycles. The normalized spacial score (nSPS) is 17.3. The van der Waals surface area contributed by atoms with E-state index in [0.29, 0.717) is 24.9 Å². The zero-order valence-corrected chi connectivity index (χ0v) is 15.8. The summed E-state index contributed by atoms with van der Waals surface area (Å²) >= 11 is 0. The van der Waals surface area contributed by atoms with Gasteiger partial charge in [-0.25, -0.2) is 9.67 Å². The van der Waals surface area contributed by atoms with Gasteiger partial charge in [-0.3, -0.25) is 9.59 Å². The number of carbonyl (C=O) groups excluding carboxylic acids is 1. The highest BCUT2D eigenvalue weighted by molar-refractivity contribution is 5.91. The van der Waals surface area contributed by atoms with E-state index >= 15 is 0 Å². The maximum absolute atomic E-state index is 12.9. The number of amides is 1. The van der Waals surface area contributed by atoms with Crippen molar-refractivity contribution in [2.45, 2.75) is 39.2 Å². The number of ether oxygens (including phenoxy) is 1. The molecule has 2 heterocycles. The number of carboxylic acids is 1. The number of benzene rings is 1. The predicted octanol–water partition coefficient (Wildman–Crippen LogP) is 2.01. The molecule has 3 rings (SSSR count). The molecule has 1 aromatic carbocycles. The molecule has 1 fully saturated rings. The third-order valence-corrected chi connectivity index (χ3v) is 4.65. The highest BCUT2D eigenvalue weighted by atomic mass is 16.5. The summed E-state index contributed by atoms with van der Waals surface area (Å²) in [5.41, 5.74) is 2.00. The number of hydrogen-bond donors (Lipinski definition) is 1. The van der Waals surface area contributed by atoms with Gasteiger partial charge in [0.2, 0.25) is 5.82 Å². The number of nitrogens with zero attached hydrogens (tertiary/aromatic N) is 4. The van der Waals surface area contributed by atoms with E-state index in [2.05, 4.69) is 23.9 Å². The first-order chi connectivity index (χ1) is 12.9. The maximum Gasteiger partial charge on any atom is 0.305 e. The van der Waals surface area contributed by atoms with Gasteiger partial charge in [0.25, 0.3) is 5.91 Å². The van der Waals surface area contributed by atoms with Crippen LogP contribution in [0.2, 0.25) is 0 Å². The van der Waals surface area contributed by atoms with E-state index in [1.54, 1.807) is 11.6 Å². The summed E-state index contributed by atoms with van der Waals surface area (Å²) in [7, 11) is 0. The minimum absolute atomic E-state index is 0.0725. The predicted molar refractivity (Wildman–Crippen MR) is 98.1 cm³/mol. The van der Waals surface area contributed by atoms with Crippen molar-refractivity contribution in [3.63, 3.8) is 0 Å². The van der Waals surface area contributed by atoms with Crippen LogP contribution in [0.1, 0.15) is 48.2 Å². The first-order valence-electron chi connectivity index (χ1n) is 9.02. The summed E-state index contributed by atoms with van der Waals surface area (Å²) in [6, 6.07) is 7.37. The Morgan fingerprint density at radius 3 is 2.78 bits per heavy atom. The lowest BCUT2D eigenvalue weighted by atomic mass is 10.0. The minimum atomic E-state index is -0.969. The van der Waals surface area contributed by atoms with E-state index in [9.17, 15) is 9.59 Å². The molecule has 1 amide bonds. The summed E-state index contributed by atoms with van der Waals surface area (Å²) in [5, 5.41) is 13.5. The highest BCUT2D eigenvalue weighted by Crippen LogP contribution is 2.23. The molecule has 8 heteroatoms. The molecule has 27 heavy (non-hydrogen) atoms. The van der Waals surface area contributed by atoms with Gasteiger partial charge in [0.05, 0.1) is 31.4 Å².